The predicted octanol–water partition coefficient (Wildman–Crippen LogP) is 2.56. The fourth-order valence-corrected chi connectivity index (χ4v) is 2.24. The second-order valence-corrected chi connectivity index (χ2v) is 5.29. The second kappa shape index (κ2) is 7.05. The third-order valence-corrected chi connectivity index (χ3v) is 3.67. The topological polar surface area (TPSA) is 92.2 Å². The van der Waals surface area contributed by atoms with Gasteiger partial charge in [0.15, 0.2) is 0 Å². The van der Waals surface area contributed by atoms with E-state index in [-0.39, 0.29) is 27.9 Å². The molecule has 108 valence electrons. The highest BCUT2D eigenvalue weighted by Gasteiger charge is 2.10. The number of anilines is 1. The highest BCUT2D eigenvalue weighted by Crippen LogP contribution is 2.23. The van der Waals surface area contributed by atoms with Crippen molar-refractivity contribution in [2.24, 2.45) is 0 Å². The van der Waals surface area contributed by atoms with Crippen molar-refractivity contribution in [3.8, 4) is 0 Å². The van der Waals surface area contributed by atoms with Gasteiger partial charge in [0.1, 0.15) is 6.33 Å². The lowest BCUT2D eigenvalue weighted by molar-refractivity contribution is -0.113. The number of aromatic carboxylic acids is 1. The number of carboxylic acid groups (broad SMARTS) is 1. The van der Waals surface area contributed by atoms with Crippen LogP contribution in [-0.2, 0) is 4.79 Å². The molecule has 0 atom stereocenters. The molecule has 1 aromatic carbocycles. The first-order valence-corrected chi connectivity index (χ1v) is 7.14. The van der Waals surface area contributed by atoms with E-state index in [1.54, 1.807) is 12.3 Å². The fraction of sp³-hybridized carbons (Fsp3) is 0.0769. The van der Waals surface area contributed by atoms with Crippen LogP contribution in [-0.4, -0.2) is 32.7 Å². The number of amides is 1. The van der Waals surface area contributed by atoms with Gasteiger partial charge in [0, 0.05) is 6.20 Å². The van der Waals surface area contributed by atoms with Gasteiger partial charge in [0.25, 0.3) is 0 Å². The number of rotatable bonds is 5. The Morgan fingerprint density at radius 2 is 2.14 bits per heavy atom. The van der Waals surface area contributed by atoms with E-state index >= 15 is 0 Å². The molecular formula is C13H10ClN3O3S. The standard InChI is InChI=1S/C13H10ClN3O3S/c14-9-2-1-8(13(19)20)5-10(9)17-11(18)6-21-12-3-4-15-7-16-12/h1-5,7H,6H2,(H,17,18)(H,19,20). The van der Waals surface area contributed by atoms with E-state index in [0.717, 1.165) is 0 Å². The molecule has 0 fully saturated rings. The molecule has 0 spiro atoms. The van der Waals surface area contributed by atoms with E-state index in [1.807, 2.05) is 0 Å². The minimum Gasteiger partial charge on any atom is -0.478 e. The minimum absolute atomic E-state index is 0.0538. The quantitative estimate of drug-likeness (QED) is 0.649. The van der Waals surface area contributed by atoms with Crippen LogP contribution in [0.15, 0.2) is 41.8 Å². The molecule has 0 aliphatic carbocycles. The molecule has 0 saturated heterocycles. The number of hydrogen-bond donors (Lipinski definition) is 2. The summed E-state index contributed by atoms with van der Waals surface area (Å²) in [5.41, 5.74) is 0.322. The van der Waals surface area contributed by atoms with Crippen LogP contribution in [0.3, 0.4) is 0 Å². The third kappa shape index (κ3) is 4.44. The lowest BCUT2D eigenvalue weighted by atomic mass is 10.2. The van der Waals surface area contributed by atoms with Gasteiger partial charge in [-0.3, -0.25) is 4.79 Å². The zero-order valence-corrected chi connectivity index (χ0v) is 12.2. The van der Waals surface area contributed by atoms with Gasteiger partial charge in [-0.2, -0.15) is 0 Å². The van der Waals surface area contributed by atoms with Gasteiger partial charge >= 0.3 is 5.97 Å². The molecule has 2 rings (SSSR count). The lowest BCUT2D eigenvalue weighted by Crippen LogP contribution is -2.15. The van der Waals surface area contributed by atoms with Crippen molar-refractivity contribution in [3.63, 3.8) is 0 Å². The number of carbonyl (C=O) groups excluding carboxylic acids is 1. The maximum absolute atomic E-state index is 11.8. The van der Waals surface area contributed by atoms with E-state index in [1.165, 1.54) is 36.3 Å². The number of carboxylic acids is 1. The molecular weight excluding hydrogens is 314 g/mol. The molecule has 0 saturated carbocycles. The summed E-state index contributed by atoms with van der Waals surface area (Å²) in [7, 11) is 0. The van der Waals surface area contributed by atoms with Crippen LogP contribution in [0.4, 0.5) is 5.69 Å². The van der Waals surface area contributed by atoms with Crippen LogP contribution in [0.1, 0.15) is 10.4 Å². The Hall–Kier alpha value is -2.12. The number of carbonyl (C=O) groups is 2. The summed E-state index contributed by atoms with van der Waals surface area (Å²) in [6.07, 6.45) is 2.98. The van der Waals surface area contributed by atoms with Gasteiger partial charge in [-0.25, -0.2) is 14.8 Å². The van der Waals surface area contributed by atoms with Crippen LogP contribution in [0.2, 0.25) is 5.02 Å². The summed E-state index contributed by atoms with van der Waals surface area (Å²) in [4.78, 5) is 30.5. The zero-order chi connectivity index (χ0) is 15.2. The van der Waals surface area contributed by atoms with E-state index in [0.29, 0.717) is 5.03 Å². The summed E-state index contributed by atoms with van der Waals surface area (Å²) in [5, 5.41) is 12.4. The number of halogens is 1. The monoisotopic (exact) mass is 323 g/mol. The van der Waals surface area contributed by atoms with Gasteiger partial charge in [-0.1, -0.05) is 23.4 Å². The van der Waals surface area contributed by atoms with E-state index < -0.39 is 5.97 Å². The van der Waals surface area contributed by atoms with Crippen molar-refractivity contribution in [1.82, 2.24) is 9.97 Å². The van der Waals surface area contributed by atoms with Crippen molar-refractivity contribution >= 4 is 40.9 Å². The van der Waals surface area contributed by atoms with E-state index in [9.17, 15) is 9.59 Å². The van der Waals surface area contributed by atoms with Crippen molar-refractivity contribution in [3.05, 3.63) is 47.4 Å². The van der Waals surface area contributed by atoms with E-state index in [2.05, 4.69) is 15.3 Å². The number of nitrogens with zero attached hydrogens (tertiary/aromatic N) is 2. The van der Waals surface area contributed by atoms with Gasteiger partial charge < -0.3 is 10.4 Å². The number of nitrogens with one attached hydrogen (secondary N) is 1. The zero-order valence-electron chi connectivity index (χ0n) is 10.6. The van der Waals surface area contributed by atoms with Gasteiger partial charge in [0.05, 0.1) is 27.1 Å². The number of aromatic nitrogens is 2. The lowest BCUT2D eigenvalue weighted by Gasteiger charge is -2.08. The number of thioether (sulfide) groups is 1. The number of benzene rings is 1. The molecule has 0 radical (unpaired) electrons. The van der Waals surface area contributed by atoms with Crippen LogP contribution in [0.5, 0.6) is 0 Å². The van der Waals surface area contributed by atoms with Gasteiger partial charge in [0.2, 0.25) is 5.91 Å². The van der Waals surface area contributed by atoms with Crippen LogP contribution >= 0.6 is 23.4 Å². The van der Waals surface area contributed by atoms with Crippen molar-refractivity contribution in [1.29, 1.82) is 0 Å². The molecule has 1 aromatic heterocycles. The van der Waals surface area contributed by atoms with Crippen molar-refractivity contribution in [2.75, 3.05) is 11.1 Å². The minimum atomic E-state index is -1.09. The Morgan fingerprint density at radius 1 is 1.33 bits per heavy atom. The predicted molar refractivity (Wildman–Crippen MR) is 79.8 cm³/mol. The summed E-state index contributed by atoms with van der Waals surface area (Å²) < 4.78 is 0. The third-order valence-electron chi connectivity index (χ3n) is 2.39. The average molecular weight is 324 g/mol. The first-order valence-electron chi connectivity index (χ1n) is 5.78. The van der Waals surface area contributed by atoms with Crippen molar-refractivity contribution in [2.45, 2.75) is 5.03 Å². The molecule has 1 amide bonds. The Morgan fingerprint density at radius 3 is 2.81 bits per heavy atom. The summed E-state index contributed by atoms with van der Waals surface area (Å²) in [5.74, 6) is -1.26. The van der Waals surface area contributed by atoms with Gasteiger partial charge in [-0.05, 0) is 24.3 Å². The summed E-state index contributed by atoms with van der Waals surface area (Å²) >= 11 is 7.17. The Balaban J connectivity index is 1.99. The fourth-order valence-electron chi connectivity index (χ4n) is 1.44. The number of hydrogen-bond acceptors (Lipinski definition) is 5. The van der Waals surface area contributed by atoms with Crippen LogP contribution in [0.25, 0.3) is 0 Å². The highest BCUT2D eigenvalue weighted by molar-refractivity contribution is 7.99. The molecule has 6 nitrogen and oxygen atoms in total. The second-order valence-electron chi connectivity index (χ2n) is 3.88. The van der Waals surface area contributed by atoms with Crippen molar-refractivity contribution < 1.29 is 14.7 Å². The maximum Gasteiger partial charge on any atom is 0.335 e. The molecule has 21 heavy (non-hydrogen) atoms. The first-order chi connectivity index (χ1) is 10.1. The summed E-state index contributed by atoms with van der Waals surface area (Å²) in [6, 6.07) is 5.81. The SMILES string of the molecule is O=C(CSc1ccncn1)Nc1cc(C(=O)O)ccc1Cl. The Kier molecular flexibility index (Phi) is 5.13. The van der Waals surface area contributed by atoms with E-state index in [4.69, 9.17) is 16.7 Å². The molecule has 0 bridgehead atoms. The first kappa shape index (κ1) is 15.3. The average Bonchev–Trinajstić information content (AvgIpc) is 2.48. The van der Waals surface area contributed by atoms with Crippen LogP contribution in [0, 0.1) is 0 Å². The molecule has 0 aliphatic rings. The largest absolute Gasteiger partial charge is 0.478 e. The molecule has 2 aromatic rings. The maximum atomic E-state index is 11.8. The Labute approximate surface area is 129 Å². The normalized spacial score (nSPS) is 10.1. The molecule has 2 N–H and O–H groups in total. The summed E-state index contributed by atoms with van der Waals surface area (Å²) in [6.45, 7) is 0. The van der Waals surface area contributed by atoms with Gasteiger partial charge in [-0.15, -0.1) is 0 Å². The molecule has 8 heteroatoms. The molecule has 0 unspecified atom stereocenters. The molecule has 0 aliphatic heterocycles. The molecule has 1 heterocycles. The highest BCUT2D eigenvalue weighted by atomic mass is 35.5. The Bertz CT molecular complexity index is 667. The smallest absolute Gasteiger partial charge is 0.335 e. The van der Waals surface area contributed by atoms with Crippen LogP contribution < -0.4 is 5.32 Å².